The first-order chi connectivity index (χ1) is 14.3. The number of fused-ring (bicyclic) bond motifs is 1. The quantitative estimate of drug-likeness (QED) is 0.507. The van der Waals surface area contributed by atoms with Crippen LogP contribution in [0.15, 0.2) is 66.7 Å². The number of quaternary nitrogens is 1. The summed E-state index contributed by atoms with van der Waals surface area (Å²) in [7, 11) is 0. The van der Waals surface area contributed by atoms with Gasteiger partial charge < -0.3 is 20.1 Å². The Kier molecular flexibility index (Phi) is 8.16. The second-order valence-electron chi connectivity index (χ2n) is 6.59. The smallest absolute Gasteiger partial charge is 0.328 e. The lowest BCUT2D eigenvalue weighted by atomic mass is 10.0. The molecule has 2 aromatic carbocycles. The molecule has 0 bridgehead atoms. The van der Waals surface area contributed by atoms with Gasteiger partial charge in [-0.2, -0.15) is 0 Å². The first-order valence-corrected chi connectivity index (χ1v) is 9.21. The number of carboxylic acids is 2. The average molecular weight is 409 g/mol. The monoisotopic (exact) mass is 409 g/mol. The summed E-state index contributed by atoms with van der Waals surface area (Å²) < 4.78 is 0. The lowest BCUT2D eigenvalue weighted by Crippen LogP contribution is -2.85. The maximum absolute atomic E-state index is 10.5. The van der Waals surface area contributed by atoms with Crippen LogP contribution < -0.4 is 10.4 Å². The number of nitrogens with two attached hydrogens (primary N) is 1. The van der Waals surface area contributed by atoms with Crippen LogP contribution in [0.2, 0.25) is 0 Å². The van der Waals surface area contributed by atoms with Crippen molar-refractivity contribution in [2.24, 2.45) is 0 Å². The van der Waals surface area contributed by atoms with E-state index in [9.17, 15) is 19.8 Å². The summed E-state index contributed by atoms with van der Waals surface area (Å²) >= 11 is 0. The molecule has 3 aromatic rings. The predicted molar refractivity (Wildman–Crippen MR) is 109 cm³/mol. The molecule has 1 heterocycles. The van der Waals surface area contributed by atoms with Gasteiger partial charge in [-0.15, -0.1) is 5.10 Å². The maximum atomic E-state index is 10.5. The van der Waals surface area contributed by atoms with Crippen LogP contribution >= 0.6 is 0 Å². The number of aliphatic hydroxyl groups is 1. The Labute approximate surface area is 173 Å². The average Bonchev–Trinajstić information content (AvgIpc) is 2.75. The SMILES string of the molecule is Cc1nnc([NH2+]C(C)C(O)c2ccccc2)c2ccccc12.O=C([O-])/C=C/C(=O)O. The van der Waals surface area contributed by atoms with Crippen LogP contribution in [-0.4, -0.2) is 38.4 Å². The molecule has 0 saturated carbocycles. The molecule has 0 aliphatic carbocycles. The van der Waals surface area contributed by atoms with Crippen LogP contribution in [0.5, 0.6) is 0 Å². The van der Waals surface area contributed by atoms with E-state index >= 15 is 0 Å². The molecule has 0 radical (unpaired) electrons. The molecule has 0 fully saturated rings. The normalized spacial score (nSPS) is 12.8. The zero-order valence-electron chi connectivity index (χ0n) is 16.6. The van der Waals surface area contributed by atoms with Gasteiger partial charge in [0.25, 0.3) is 5.82 Å². The Hall–Kier alpha value is -3.62. The van der Waals surface area contributed by atoms with Gasteiger partial charge in [-0.3, -0.25) is 5.32 Å². The summed E-state index contributed by atoms with van der Waals surface area (Å²) in [4.78, 5) is 19.0. The molecule has 30 heavy (non-hydrogen) atoms. The summed E-state index contributed by atoms with van der Waals surface area (Å²) in [6.45, 7) is 3.95. The highest BCUT2D eigenvalue weighted by molar-refractivity contribution is 5.90. The molecular formula is C22H23N3O5. The van der Waals surface area contributed by atoms with Crippen LogP contribution in [0.4, 0.5) is 5.82 Å². The van der Waals surface area contributed by atoms with Crippen molar-refractivity contribution in [3.8, 4) is 0 Å². The molecule has 2 atom stereocenters. The minimum atomic E-state index is -1.51. The molecule has 0 aliphatic heterocycles. The maximum Gasteiger partial charge on any atom is 0.328 e. The number of aryl methyl sites for hydroxylation is 1. The van der Waals surface area contributed by atoms with Gasteiger partial charge in [0.1, 0.15) is 12.1 Å². The molecule has 0 spiro atoms. The highest BCUT2D eigenvalue weighted by atomic mass is 16.4. The Balaban J connectivity index is 0.000000343. The second-order valence-corrected chi connectivity index (χ2v) is 6.59. The van der Waals surface area contributed by atoms with E-state index in [1.54, 1.807) is 0 Å². The fourth-order valence-electron chi connectivity index (χ4n) is 2.81. The van der Waals surface area contributed by atoms with E-state index < -0.39 is 18.0 Å². The van der Waals surface area contributed by atoms with Gasteiger partial charge >= 0.3 is 5.97 Å². The van der Waals surface area contributed by atoms with Crippen LogP contribution in [0.1, 0.15) is 24.3 Å². The number of rotatable bonds is 6. The minimum Gasteiger partial charge on any atom is -0.545 e. The van der Waals surface area contributed by atoms with Crippen molar-refractivity contribution in [1.29, 1.82) is 0 Å². The number of carboxylic acid groups (broad SMARTS) is 2. The van der Waals surface area contributed by atoms with Gasteiger partial charge in [-0.05, 0) is 31.6 Å². The van der Waals surface area contributed by atoms with Crippen LogP contribution in [-0.2, 0) is 9.59 Å². The molecule has 3 rings (SSSR count). The van der Waals surface area contributed by atoms with E-state index in [4.69, 9.17) is 5.11 Å². The Morgan fingerprint density at radius 2 is 1.60 bits per heavy atom. The van der Waals surface area contributed by atoms with Gasteiger partial charge in [-0.1, -0.05) is 53.6 Å². The van der Waals surface area contributed by atoms with Gasteiger partial charge in [0.05, 0.1) is 17.0 Å². The van der Waals surface area contributed by atoms with E-state index in [1.165, 1.54) is 0 Å². The molecule has 2 unspecified atom stereocenters. The first-order valence-electron chi connectivity index (χ1n) is 9.21. The molecule has 0 aliphatic rings. The zero-order chi connectivity index (χ0) is 22.1. The van der Waals surface area contributed by atoms with E-state index in [2.05, 4.69) is 16.3 Å². The van der Waals surface area contributed by atoms with Gasteiger partial charge in [-0.25, -0.2) is 4.79 Å². The summed E-state index contributed by atoms with van der Waals surface area (Å²) in [5.41, 5.74) is 1.83. The summed E-state index contributed by atoms with van der Waals surface area (Å²) in [5.74, 6) is -1.98. The summed E-state index contributed by atoms with van der Waals surface area (Å²) in [5, 5.41) is 40.4. The summed E-state index contributed by atoms with van der Waals surface area (Å²) in [6, 6.07) is 17.7. The van der Waals surface area contributed by atoms with Gasteiger partial charge in [0, 0.05) is 11.5 Å². The van der Waals surface area contributed by atoms with Crippen LogP contribution in [0, 0.1) is 6.92 Å². The largest absolute Gasteiger partial charge is 0.545 e. The van der Waals surface area contributed by atoms with Crippen molar-refractivity contribution in [3.05, 3.63) is 78.0 Å². The molecule has 156 valence electrons. The number of benzene rings is 2. The Morgan fingerprint density at radius 3 is 2.17 bits per heavy atom. The topological polar surface area (TPSA) is 140 Å². The van der Waals surface area contributed by atoms with Crippen molar-refractivity contribution < 1.29 is 30.2 Å². The lowest BCUT2D eigenvalue weighted by Gasteiger charge is -2.17. The summed E-state index contributed by atoms with van der Waals surface area (Å²) in [6.07, 6.45) is 0.389. The highest BCUT2D eigenvalue weighted by Crippen LogP contribution is 2.20. The number of aliphatic hydroxyl groups excluding tert-OH is 1. The Bertz CT molecular complexity index is 1020. The third kappa shape index (κ3) is 6.47. The molecule has 1 aromatic heterocycles. The van der Waals surface area contributed by atoms with Crippen molar-refractivity contribution in [3.63, 3.8) is 0 Å². The lowest BCUT2D eigenvalue weighted by molar-refractivity contribution is -0.620. The van der Waals surface area contributed by atoms with E-state index in [-0.39, 0.29) is 6.04 Å². The van der Waals surface area contributed by atoms with E-state index in [0.29, 0.717) is 12.2 Å². The molecular weight excluding hydrogens is 386 g/mol. The second kappa shape index (κ2) is 10.8. The van der Waals surface area contributed by atoms with Crippen molar-refractivity contribution in [2.75, 3.05) is 0 Å². The molecule has 8 heteroatoms. The predicted octanol–water partition coefficient (Wildman–Crippen LogP) is 0.632. The standard InChI is InChI=1S/C18H19N3O.C4H4O4/c1-12-15-10-6-7-11-16(15)18(21-20-12)19-13(2)17(22)14-8-4-3-5-9-14;5-3(6)1-2-4(7)8/h3-11,13,17,22H,1-2H3,(H,19,21);1-2H,(H,5,6)(H,7,8)/b;2-1+. The van der Waals surface area contributed by atoms with Crippen LogP contribution in [0.25, 0.3) is 10.8 Å². The molecule has 0 saturated heterocycles. The van der Waals surface area contributed by atoms with Gasteiger partial charge in [0.15, 0.2) is 0 Å². The third-order valence-corrected chi connectivity index (χ3v) is 4.32. The number of nitrogens with zero attached hydrogens (tertiary/aromatic N) is 2. The molecule has 0 amide bonds. The number of aromatic nitrogens is 2. The minimum absolute atomic E-state index is 0.0530. The van der Waals surface area contributed by atoms with Gasteiger partial charge in [0.2, 0.25) is 0 Å². The molecule has 8 nitrogen and oxygen atoms in total. The highest BCUT2D eigenvalue weighted by Gasteiger charge is 2.22. The number of carbonyl (C=O) groups is 2. The number of carbonyl (C=O) groups excluding carboxylic acids is 1. The van der Waals surface area contributed by atoms with Crippen molar-refractivity contribution in [2.45, 2.75) is 26.0 Å². The Morgan fingerprint density at radius 1 is 1.00 bits per heavy atom. The van der Waals surface area contributed by atoms with E-state index in [1.807, 2.05) is 67.7 Å². The fourth-order valence-corrected chi connectivity index (χ4v) is 2.81. The number of hydrogen-bond acceptors (Lipinski definition) is 6. The van der Waals surface area contributed by atoms with Crippen LogP contribution in [0.3, 0.4) is 0 Å². The fraction of sp³-hybridized carbons (Fsp3) is 0.182. The van der Waals surface area contributed by atoms with E-state index in [0.717, 1.165) is 27.8 Å². The van der Waals surface area contributed by atoms with Crippen molar-refractivity contribution in [1.82, 2.24) is 10.2 Å². The number of aliphatic carboxylic acids is 2. The third-order valence-electron chi connectivity index (χ3n) is 4.32. The number of hydrogen-bond donors (Lipinski definition) is 3. The molecule has 4 N–H and O–H groups in total. The zero-order valence-corrected chi connectivity index (χ0v) is 16.6. The van der Waals surface area contributed by atoms with Crippen molar-refractivity contribution >= 4 is 28.5 Å². The first kappa shape index (κ1) is 22.7.